The van der Waals surface area contributed by atoms with Gasteiger partial charge >= 0.3 is 0 Å². The molecule has 1 aromatic carbocycles. The van der Waals surface area contributed by atoms with E-state index in [4.69, 9.17) is 4.98 Å². The van der Waals surface area contributed by atoms with Crippen molar-refractivity contribution in [1.82, 2.24) is 20.3 Å². The van der Waals surface area contributed by atoms with Gasteiger partial charge in [-0.25, -0.2) is 9.97 Å². The van der Waals surface area contributed by atoms with Gasteiger partial charge in [-0.3, -0.25) is 9.78 Å². The topological polar surface area (TPSA) is 71.0 Å². The number of benzene rings is 1. The lowest BCUT2D eigenvalue weighted by atomic mass is 9.98. The molecular weight excluding hydrogens is 350 g/mol. The number of carbonyl (C=O) groups is 1. The Labute approximate surface area is 165 Å². The van der Waals surface area contributed by atoms with Crippen LogP contribution in [0, 0.1) is 6.92 Å². The van der Waals surface area contributed by atoms with Gasteiger partial charge in [-0.2, -0.15) is 0 Å². The molecule has 28 heavy (non-hydrogen) atoms. The lowest BCUT2D eigenvalue weighted by Crippen LogP contribution is -2.48. The van der Waals surface area contributed by atoms with Crippen LogP contribution < -0.4 is 10.2 Å². The van der Waals surface area contributed by atoms with Crippen LogP contribution in [-0.4, -0.2) is 40.0 Å². The summed E-state index contributed by atoms with van der Waals surface area (Å²) in [4.78, 5) is 28.8. The Morgan fingerprint density at radius 1 is 1.21 bits per heavy atom. The molecule has 0 radical (unpaired) electrons. The number of pyridine rings is 1. The van der Waals surface area contributed by atoms with E-state index in [-0.39, 0.29) is 11.9 Å². The molecule has 0 saturated carbocycles. The molecule has 0 bridgehead atoms. The summed E-state index contributed by atoms with van der Waals surface area (Å²) in [5, 5.41) is 4.17. The quantitative estimate of drug-likeness (QED) is 0.758. The number of nitrogens with one attached hydrogen (secondary N) is 1. The van der Waals surface area contributed by atoms with Crippen LogP contribution in [0.4, 0.5) is 5.95 Å². The second-order valence-electron chi connectivity index (χ2n) is 7.24. The van der Waals surface area contributed by atoms with Crippen LogP contribution in [0.2, 0.25) is 0 Å². The number of aryl methyl sites for hydroxylation is 1. The Kier molecular flexibility index (Phi) is 5.19. The first-order chi connectivity index (χ1) is 13.7. The molecule has 4 rings (SSSR count). The van der Waals surface area contributed by atoms with Crippen LogP contribution in [-0.2, 0) is 6.42 Å². The summed E-state index contributed by atoms with van der Waals surface area (Å²) in [5.74, 6) is 0.701. The predicted molar refractivity (Wildman–Crippen MR) is 111 cm³/mol. The Morgan fingerprint density at radius 3 is 2.79 bits per heavy atom. The first kappa shape index (κ1) is 18.3. The average molecular weight is 375 g/mol. The Balaban J connectivity index is 1.59. The van der Waals surface area contributed by atoms with Gasteiger partial charge in [0, 0.05) is 42.6 Å². The standard InChI is InChI=1S/C22H25N5O/c1-3-18-15(2)20(17-9-4-5-10-19(17)26-18)21(28)25-16-8-6-13-27(14-16)22-23-11-7-12-24-22/h4-5,7,9-12,16H,3,6,8,13-14H2,1-2H3,(H,25,28). The minimum Gasteiger partial charge on any atom is -0.347 e. The zero-order valence-corrected chi connectivity index (χ0v) is 16.4. The highest BCUT2D eigenvalue weighted by atomic mass is 16.1. The third-order valence-electron chi connectivity index (χ3n) is 5.39. The minimum absolute atomic E-state index is 0.0216. The van der Waals surface area contributed by atoms with Gasteiger partial charge in [0.25, 0.3) is 5.91 Å². The van der Waals surface area contributed by atoms with Crippen LogP contribution in [0.5, 0.6) is 0 Å². The Hall–Kier alpha value is -3.02. The molecular formula is C22H25N5O. The molecule has 1 atom stereocenters. The fourth-order valence-corrected chi connectivity index (χ4v) is 3.98. The van der Waals surface area contributed by atoms with E-state index in [1.54, 1.807) is 12.4 Å². The van der Waals surface area contributed by atoms with E-state index in [9.17, 15) is 4.79 Å². The molecule has 0 spiro atoms. The van der Waals surface area contributed by atoms with Crippen molar-refractivity contribution < 1.29 is 4.79 Å². The number of rotatable bonds is 4. The molecule has 6 nitrogen and oxygen atoms in total. The maximum atomic E-state index is 13.3. The lowest BCUT2D eigenvalue weighted by Gasteiger charge is -2.33. The van der Waals surface area contributed by atoms with Crippen molar-refractivity contribution in [2.45, 2.75) is 39.2 Å². The summed E-state index contributed by atoms with van der Waals surface area (Å²) >= 11 is 0. The summed E-state index contributed by atoms with van der Waals surface area (Å²) in [6, 6.07) is 9.76. The van der Waals surface area contributed by atoms with Crippen LogP contribution in [0.1, 0.15) is 41.4 Å². The van der Waals surface area contributed by atoms with Crippen molar-refractivity contribution in [3.8, 4) is 0 Å². The van der Waals surface area contributed by atoms with Crippen molar-refractivity contribution in [2.75, 3.05) is 18.0 Å². The molecule has 1 aliphatic heterocycles. The Morgan fingerprint density at radius 2 is 2.00 bits per heavy atom. The van der Waals surface area contributed by atoms with Gasteiger partial charge < -0.3 is 10.2 Å². The van der Waals surface area contributed by atoms with E-state index in [1.165, 1.54) is 0 Å². The zero-order valence-electron chi connectivity index (χ0n) is 16.4. The third kappa shape index (κ3) is 3.54. The van der Waals surface area contributed by atoms with Crippen LogP contribution in [0.15, 0.2) is 42.7 Å². The largest absolute Gasteiger partial charge is 0.347 e. The fraction of sp³-hybridized carbons (Fsp3) is 0.364. The van der Waals surface area contributed by atoms with E-state index in [0.717, 1.165) is 66.0 Å². The minimum atomic E-state index is -0.0216. The van der Waals surface area contributed by atoms with Gasteiger partial charge in [0.05, 0.1) is 11.1 Å². The van der Waals surface area contributed by atoms with Gasteiger partial charge in [-0.1, -0.05) is 25.1 Å². The van der Waals surface area contributed by atoms with Gasteiger partial charge in [0.2, 0.25) is 5.95 Å². The fourth-order valence-electron chi connectivity index (χ4n) is 3.98. The van der Waals surface area contributed by atoms with Crippen molar-refractivity contribution in [3.63, 3.8) is 0 Å². The first-order valence-corrected chi connectivity index (χ1v) is 9.88. The van der Waals surface area contributed by atoms with Gasteiger partial charge in [-0.15, -0.1) is 0 Å². The van der Waals surface area contributed by atoms with E-state index in [2.05, 4.69) is 27.1 Å². The Bertz CT molecular complexity index is 989. The number of hydrogen-bond donors (Lipinski definition) is 1. The predicted octanol–water partition coefficient (Wildman–Crippen LogP) is 3.29. The molecule has 3 aromatic rings. The highest BCUT2D eigenvalue weighted by Gasteiger charge is 2.25. The summed E-state index contributed by atoms with van der Waals surface area (Å²) in [5.41, 5.74) is 3.57. The molecule has 1 amide bonds. The monoisotopic (exact) mass is 375 g/mol. The molecule has 1 aliphatic rings. The molecule has 3 heterocycles. The molecule has 6 heteroatoms. The summed E-state index contributed by atoms with van der Waals surface area (Å²) in [6.07, 6.45) is 6.27. The van der Waals surface area contributed by atoms with Crippen LogP contribution in [0.3, 0.4) is 0 Å². The number of hydrogen-bond acceptors (Lipinski definition) is 5. The van der Waals surface area contributed by atoms with E-state index in [1.807, 2.05) is 37.3 Å². The molecule has 0 aliphatic carbocycles. The number of carbonyl (C=O) groups excluding carboxylic acids is 1. The van der Waals surface area contributed by atoms with Gasteiger partial charge in [0.15, 0.2) is 0 Å². The molecule has 2 aromatic heterocycles. The second-order valence-corrected chi connectivity index (χ2v) is 7.24. The maximum absolute atomic E-state index is 13.3. The smallest absolute Gasteiger partial charge is 0.252 e. The van der Waals surface area contributed by atoms with Crippen LogP contribution >= 0.6 is 0 Å². The third-order valence-corrected chi connectivity index (χ3v) is 5.39. The SMILES string of the molecule is CCc1nc2ccccc2c(C(=O)NC2CCCN(c3ncccn3)C2)c1C. The molecule has 1 fully saturated rings. The van der Waals surface area contributed by atoms with Crippen molar-refractivity contribution >= 4 is 22.8 Å². The highest BCUT2D eigenvalue weighted by Crippen LogP contribution is 2.24. The molecule has 144 valence electrons. The number of fused-ring (bicyclic) bond motifs is 1. The lowest BCUT2D eigenvalue weighted by molar-refractivity contribution is 0.0934. The molecule has 1 N–H and O–H groups in total. The van der Waals surface area contributed by atoms with Gasteiger partial charge in [-0.05, 0) is 43.9 Å². The zero-order chi connectivity index (χ0) is 19.5. The normalized spacial score (nSPS) is 16.9. The van der Waals surface area contributed by atoms with Crippen molar-refractivity contribution in [1.29, 1.82) is 0 Å². The van der Waals surface area contributed by atoms with E-state index < -0.39 is 0 Å². The molecule has 1 saturated heterocycles. The van der Waals surface area contributed by atoms with Gasteiger partial charge in [0.1, 0.15) is 0 Å². The summed E-state index contributed by atoms with van der Waals surface area (Å²) in [6.45, 7) is 5.70. The number of amides is 1. The number of anilines is 1. The summed E-state index contributed by atoms with van der Waals surface area (Å²) in [7, 11) is 0. The van der Waals surface area contributed by atoms with E-state index >= 15 is 0 Å². The first-order valence-electron chi connectivity index (χ1n) is 9.88. The highest BCUT2D eigenvalue weighted by molar-refractivity contribution is 6.07. The van der Waals surface area contributed by atoms with E-state index in [0.29, 0.717) is 0 Å². The summed E-state index contributed by atoms with van der Waals surface area (Å²) < 4.78 is 0. The number of aromatic nitrogens is 3. The number of nitrogens with zero attached hydrogens (tertiary/aromatic N) is 4. The van der Waals surface area contributed by atoms with Crippen LogP contribution in [0.25, 0.3) is 10.9 Å². The maximum Gasteiger partial charge on any atom is 0.252 e. The second kappa shape index (κ2) is 7.92. The van der Waals surface area contributed by atoms with Crippen molar-refractivity contribution in [3.05, 3.63) is 59.5 Å². The average Bonchev–Trinajstić information content (AvgIpc) is 2.74. The van der Waals surface area contributed by atoms with Crippen molar-refractivity contribution in [2.24, 2.45) is 0 Å². The number of para-hydroxylation sites is 1. The molecule has 1 unspecified atom stereocenters. The number of piperidine rings is 1.